The van der Waals surface area contributed by atoms with E-state index in [1.165, 1.54) is 0 Å². The molecule has 0 aliphatic rings. The molecular weight excluding hydrogens is 420 g/mol. The van der Waals surface area contributed by atoms with Gasteiger partial charge >= 0.3 is 0 Å². The molecule has 3 aromatic heterocycles. The van der Waals surface area contributed by atoms with Crippen LogP contribution in [0.25, 0.3) is 22.6 Å². The lowest BCUT2D eigenvalue weighted by atomic mass is 10.2. The predicted octanol–water partition coefficient (Wildman–Crippen LogP) is 2.57. The zero-order chi connectivity index (χ0) is 23.2. The minimum absolute atomic E-state index is 0.298. The van der Waals surface area contributed by atoms with E-state index in [-0.39, 0.29) is 5.91 Å². The Labute approximate surface area is 191 Å². The topological polar surface area (TPSA) is 121 Å². The number of nitrogens with one attached hydrogen (secondary N) is 3. The first kappa shape index (κ1) is 22.0. The largest absolute Gasteiger partial charge is 0.357 e. The lowest BCUT2D eigenvalue weighted by molar-refractivity contribution is -0.109. The SMILES string of the molecule is CCCN(CCNC=O)c1ccc(C(=O)Nc2cc(-c3nc4ccccc4[nH]3)n(C)n2)cn1. The molecule has 0 aliphatic carbocycles. The molecule has 0 aliphatic heterocycles. The summed E-state index contributed by atoms with van der Waals surface area (Å²) in [5.41, 5.74) is 2.99. The molecule has 10 heteroatoms. The highest BCUT2D eigenvalue weighted by Gasteiger charge is 2.15. The van der Waals surface area contributed by atoms with E-state index in [9.17, 15) is 9.59 Å². The maximum atomic E-state index is 12.7. The van der Waals surface area contributed by atoms with Crippen LogP contribution in [0, 0.1) is 0 Å². The minimum Gasteiger partial charge on any atom is -0.357 e. The number of para-hydroxylation sites is 2. The van der Waals surface area contributed by atoms with E-state index < -0.39 is 0 Å². The van der Waals surface area contributed by atoms with E-state index in [4.69, 9.17) is 0 Å². The number of anilines is 2. The van der Waals surface area contributed by atoms with Crippen molar-refractivity contribution < 1.29 is 9.59 Å². The van der Waals surface area contributed by atoms with Gasteiger partial charge in [0.25, 0.3) is 5.91 Å². The summed E-state index contributed by atoms with van der Waals surface area (Å²) < 4.78 is 1.67. The number of pyridine rings is 1. The van der Waals surface area contributed by atoms with Crippen LogP contribution >= 0.6 is 0 Å². The Morgan fingerprint density at radius 1 is 1.21 bits per heavy atom. The van der Waals surface area contributed by atoms with E-state index in [0.717, 1.165) is 35.5 Å². The van der Waals surface area contributed by atoms with Crippen LogP contribution in [0.1, 0.15) is 23.7 Å². The van der Waals surface area contributed by atoms with Gasteiger partial charge in [0, 0.05) is 38.9 Å². The average molecular weight is 447 g/mol. The van der Waals surface area contributed by atoms with Gasteiger partial charge < -0.3 is 20.5 Å². The van der Waals surface area contributed by atoms with Gasteiger partial charge in [-0.25, -0.2) is 9.97 Å². The van der Waals surface area contributed by atoms with Crippen LogP contribution in [0.15, 0.2) is 48.7 Å². The van der Waals surface area contributed by atoms with E-state index >= 15 is 0 Å². The molecule has 2 amide bonds. The number of nitrogens with zero attached hydrogens (tertiary/aromatic N) is 5. The highest BCUT2D eigenvalue weighted by atomic mass is 16.1. The molecule has 170 valence electrons. The van der Waals surface area contributed by atoms with Gasteiger partial charge in [-0.2, -0.15) is 5.10 Å². The number of fused-ring (bicyclic) bond motifs is 1. The Balaban J connectivity index is 1.46. The molecule has 3 heterocycles. The smallest absolute Gasteiger partial charge is 0.258 e. The van der Waals surface area contributed by atoms with Crippen molar-refractivity contribution in [3.63, 3.8) is 0 Å². The lowest BCUT2D eigenvalue weighted by Gasteiger charge is -2.23. The third kappa shape index (κ3) is 5.00. The third-order valence-electron chi connectivity index (χ3n) is 5.19. The minimum atomic E-state index is -0.298. The Morgan fingerprint density at radius 3 is 2.79 bits per heavy atom. The fourth-order valence-electron chi connectivity index (χ4n) is 3.59. The Bertz CT molecular complexity index is 1210. The Kier molecular flexibility index (Phi) is 6.63. The Hall–Kier alpha value is -4.21. The number of amides is 2. The van der Waals surface area contributed by atoms with Crippen molar-refractivity contribution in [3.8, 4) is 11.5 Å². The van der Waals surface area contributed by atoms with Crippen molar-refractivity contribution in [2.24, 2.45) is 7.05 Å². The highest BCUT2D eigenvalue weighted by Crippen LogP contribution is 2.23. The van der Waals surface area contributed by atoms with Crippen LogP contribution in [0.5, 0.6) is 0 Å². The third-order valence-corrected chi connectivity index (χ3v) is 5.19. The number of aromatic nitrogens is 5. The van der Waals surface area contributed by atoms with Crippen molar-refractivity contribution in [2.45, 2.75) is 13.3 Å². The monoisotopic (exact) mass is 446 g/mol. The molecule has 0 saturated carbocycles. The maximum Gasteiger partial charge on any atom is 0.258 e. The number of carbonyl (C=O) groups excluding carboxylic acids is 2. The van der Waals surface area contributed by atoms with Crippen molar-refractivity contribution >= 4 is 35.0 Å². The van der Waals surface area contributed by atoms with Gasteiger partial charge in [0.15, 0.2) is 11.6 Å². The van der Waals surface area contributed by atoms with Gasteiger partial charge in [0.1, 0.15) is 11.5 Å². The van der Waals surface area contributed by atoms with Crippen molar-refractivity contribution in [2.75, 3.05) is 29.9 Å². The molecule has 0 bridgehead atoms. The number of carbonyl (C=O) groups is 2. The van der Waals surface area contributed by atoms with Crippen LogP contribution in [0.2, 0.25) is 0 Å². The second kappa shape index (κ2) is 9.94. The average Bonchev–Trinajstić information content (AvgIpc) is 3.41. The van der Waals surface area contributed by atoms with Gasteiger partial charge in [-0.1, -0.05) is 19.1 Å². The van der Waals surface area contributed by atoms with Crippen LogP contribution in [0.3, 0.4) is 0 Å². The molecule has 0 unspecified atom stereocenters. The van der Waals surface area contributed by atoms with Crippen molar-refractivity contribution in [1.29, 1.82) is 0 Å². The van der Waals surface area contributed by atoms with Crippen molar-refractivity contribution in [3.05, 3.63) is 54.2 Å². The summed E-state index contributed by atoms with van der Waals surface area (Å²) in [6.45, 7) is 4.05. The van der Waals surface area contributed by atoms with Crippen LogP contribution < -0.4 is 15.5 Å². The fourth-order valence-corrected chi connectivity index (χ4v) is 3.59. The van der Waals surface area contributed by atoms with E-state index in [2.05, 4.69) is 42.5 Å². The zero-order valence-electron chi connectivity index (χ0n) is 18.6. The summed E-state index contributed by atoms with van der Waals surface area (Å²) in [5.74, 6) is 1.56. The predicted molar refractivity (Wildman–Crippen MR) is 127 cm³/mol. The van der Waals surface area contributed by atoms with Gasteiger partial charge in [-0.05, 0) is 30.7 Å². The molecule has 33 heavy (non-hydrogen) atoms. The number of imidazole rings is 1. The zero-order valence-corrected chi connectivity index (χ0v) is 18.6. The fraction of sp³-hybridized carbons (Fsp3) is 0.261. The maximum absolute atomic E-state index is 12.7. The van der Waals surface area contributed by atoms with Crippen LogP contribution in [-0.2, 0) is 11.8 Å². The van der Waals surface area contributed by atoms with Crippen LogP contribution in [-0.4, -0.2) is 56.7 Å². The molecule has 3 N–H and O–H groups in total. The molecule has 0 radical (unpaired) electrons. The second-order valence-corrected chi connectivity index (χ2v) is 7.56. The molecule has 10 nitrogen and oxygen atoms in total. The molecule has 0 spiro atoms. The first-order chi connectivity index (χ1) is 16.1. The molecule has 4 rings (SSSR count). The summed E-state index contributed by atoms with van der Waals surface area (Å²) >= 11 is 0. The lowest BCUT2D eigenvalue weighted by Crippen LogP contribution is -2.33. The summed E-state index contributed by atoms with van der Waals surface area (Å²) in [6.07, 6.45) is 3.17. The molecular formula is C23H26N8O2. The van der Waals surface area contributed by atoms with E-state index in [0.29, 0.717) is 36.7 Å². The number of benzene rings is 1. The van der Waals surface area contributed by atoms with Gasteiger partial charge in [-0.15, -0.1) is 0 Å². The summed E-state index contributed by atoms with van der Waals surface area (Å²) in [7, 11) is 1.80. The molecule has 4 aromatic rings. The second-order valence-electron chi connectivity index (χ2n) is 7.56. The van der Waals surface area contributed by atoms with Crippen LogP contribution in [0.4, 0.5) is 11.6 Å². The quantitative estimate of drug-likeness (QED) is 0.254. The number of rotatable bonds is 10. The number of H-pyrrole nitrogens is 1. The summed E-state index contributed by atoms with van der Waals surface area (Å²) in [5, 5.41) is 9.88. The number of aryl methyl sites for hydroxylation is 1. The van der Waals surface area contributed by atoms with Gasteiger partial charge in [-0.3, -0.25) is 14.3 Å². The van der Waals surface area contributed by atoms with Gasteiger partial charge in [0.2, 0.25) is 6.41 Å². The van der Waals surface area contributed by atoms with E-state index in [1.54, 1.807) is 30.1 Å². The first-order valence-electron chi connectivity index (χ1n) is 10.8. The normalized spacial score (nSPS) is 10.8. The molecule has 0 fully saturated rings. The molecule has 1 aromatic carbocycles. The van der Waals surface area contributed by atoms with Gasteiger partial charge in [0.05, 0.1) is 16.6 Å². The first-order valence-corrected chi connectivity index (χ1v) is 10.8. The highest BCUT2D eigenvalue weighted by molar-refractivity contribution is 6.03. The summed E-state index contributed by atoms with van der Waals surface area (Å²) in [4.78, 5) is 37.6. The molecule has 0 atom stereocenters. The number of hydrogen-bond donors (Lipinski definition) is 3. The standard InChI is InChI=1S/C23H26N8O2/c1-3-11-31(12-10-24-15-32)21-9-8-16(14-25-21)23(33)28-20-13-19(30(2)29-20)22-26-17-6-4-5-7-18(17)27-22/h4-9,13-15H,3,10-12H2,1-2H3,(H,24,32)(H,26,27)(H,28,29,33). The number of hydrogen-bond acceptors (Lipinski definition) is 6. The summed E-state index contributed by atoms with van der Waals surface area (Å²) in [6, 6.07) is 13.1. The molecule has 0 saturated heterocycles. The number of aromatic amines is 1. The van der Waals surface area contributed by atoms with E-state index in [1.807, 2.05) is 30.3 Å². The van der Waals surface area contributed by atoms with Crippen molar-refractivity contribution in [1.82, 2.24) is 30.0 Å². The Morgan fingerprint density at radius 2 is 2.06 bits per heavy atom.